The van der Waals surface area contributed by atoms with Gasteiger partial charge in [-0.25, -0.2) is 0 Å². The largest absolute Gasteiger partial charge is 0.349 e. The smallest absolute Gasteiger partial charge is 0.251 e. The maximum absolute atomic E-state index is 12.7. The van der Waals surface area contributed by atoms with Crippen LogP contribution in [0, 0.1) is 0 Å². The quantitative estimate of drug-likeness (QED) is 0.910. The third kappa shape index (κ3) is 2.45. The molecular weight excluding hydrogens is 272 g/mol. The standard InChI is InChI=1S/C19H26N2O/c1-21-15-7-4-8-16(21)12-14(11-15)20-19(22)18-10-3-6-13-5-2-9-17(13)18/h3,6,10,14-16H,2,4-5,7-9,11-12H2,1H3,(H,20,22). The molecule has 118 valence electrons. The van der Waals surface area contributed by atoms with Gasteiger partial charge in [0.05, 0.1) is 0 Å². The van der Waals surface area contributed by atoms with Gasteiger partial charge in [0, 0.05) is 23.7 Å². The molecule has 22 heavy (non-hydrogen) atoms. The number of benzene rings is 1. The van der Waals surface area contributed by atoms with Gasteiger partial charge < -0.3 is 10.2 Å². The molecule has 0 spiro atoms. The first-order chi connectivity index (χ1) is 10.7. The molecule has 2 bridgehead atoms. The summed E-state index contributed by atoms with van der Waals surface area (Å²) < 4.78 is 0. The van der Waals surface area contributed by atoms with E-state index in [1.165, 1.54) is 36.8 Å². The summed E-state index contributed by atoms with van der Waals surface area (Å²) in [7, 11) is 2.26. The molecule has 0 saturated carbocycles. The lowest BCUT2D eigenvalue weighted by atomic mass is 9.82. The minimum absolute atomic E-state index is 0.159. The average molecular weight is 298 g/mol. The molecule has 4 rings (SSSR count). The van der Waals surface area contributed by atoms with Crippen LogP contribution in [0.3, 0.4) is 0 Å². The molecule has 3 nitrogen and oxygen atoms in total. The Morgan fingerprint density at radius 3 is 2.68 bits per heavy atom. The molecule has 2 fully saturated rings. The lowest BCUT2D eigenvalue weighted by molar-refractivity contribution is 0.0463. The SMILES string of the molecule is CN1C2CCCC1CC(NC(=O)c1cccc3c1CCC3)C2. The molecule has 2 heterocycles. The highest BCUT2D eigenvalue weighted by molar-refractivity contribution is 5.96. The predicted molar refractivity (Wildman–Crippen MR) is 88.1 cm³/mol. The number of nitrogens with one attached hydrogen (secondary N) is 1. The van der Waals surface area contributed by atoms with E-state index in [4.69, 9.17) is 0 Å². The maximum atomic E-state index is 12.7. The number of hydrogen-bond donors (Lipinski definition) is 1. The molecule has 3 heteroatoms. The van der Waals surface area contributed by atoms with Gasteiger partial charge in [0.25, 0.3) is 5.91 Å². The Hall–Kier alpha value is -1.35. The van der Waals surface area contributed by atoms with Crippen LogP contribution in [0.5, 0.6) is 0 Å². The first-order valence-electron chi connectivity index (χ1n) is 8.86. The molecule has 2 aliphatic heterocycles. The van der Waals surface area contributed by atoms with E-state index in [9.17, 15) is 4.79 Å². The molecule has 2 saturated heterocycles. The zero-order valence-corrected chi connectivity index (χ0v) is 13.5. The van der Waals surface area contributed by atoms with Crippen molar-refractivity contribution < 1.29 is 4.79 Å². The van der Waals surface area contributed by atoms with Gasteiger partial charge in [-0.1, -0.05) is 18.6 Å². The molecule has 1 aromatic carbocycles. The number of hydrogen-bond acceptors (Lipinski definition) is 2. The summed E-state index contributed by atoms with van der Waals surface area (Å²) in [6.07, 6.45) is 9.57. The monoisotopic (exact) mass is 298 g/mol. The number of fused-ring (bicyclic) bond motifs is 3. The van der Waals surface area contributed by atoms with Crippen molar-refractivity contribution in [3.8, 4) is 0 Å². The van der Waals surface area contributed by atoms with Crippen molar-refractivity contribution >= 4 is 5.91 Å². The van der Waals surface area contributed by atoms with Crippen LogP contribution in [0.15, 0.2) is 18.2 Å². The number of carbonyl (C=O) groups is 1. The molecule has 1 N–H and O–H groups in total. The number of piperidine rings is 2. The van der Waals surface area contributed by atoms with E-state index in [-0.39, 0.29) is 5.91 Å². The predicted octanol–water partition coefficient (Wildman–Crippen LogP) is 2.92. The Bertz CT molecular complexity index is 569. The summed E-state index contributed by atoms with van der Waals surface area (Å²) >= 11 is 0. The zero-order valence-electron chi connectivity index (χ0n) is 13.5. The Morgan fingerprint density at radius 1 is 1.14 bits per heavy atom. The summed E-state index contributed by atoms with van der Waals surface area (Å²) in [6, 6.07) is 7.92. The number of rotatable bonds is 2. The molecule has 0 aromatic heterocycles. The van der Waals surface area contributed by atoms with E-state index in [1.54, 1.807) is 0 Å². The second kappa shape index (κ2) is 5.69. The van der Waals surface area contributed by atoms with Crippen LogP contribution in [-0.4, -0.2) is 36.0 Å². The Kier molecular flexibility index (Phi) is 3.69. The summed E-state index contributed by atoms with van der Waals surface area (Å²) in [5.74, 6) is 0.159. The third-order valence-corrected chi connectivity index (χ3v) is 6.07. The Morgan fingerprint density at radius 2 is 1.91 bits per heavy atom. The molecular formula is C19H26N2O. The van der Waals surface area contributed by atoms with Gasteiger partial charge in [-0.05, 0) is 69.2 Å². The number of nitrogens with zero attached hydrogens (tertiary/aromatic N) is 1. The van der Waals surface area contributed by atoms with E-state index in [2.05, 4.69) is 23.3 Å². The molecule has 2 unspecified atom stereocenters. The molecule has 3 aliphatic rings. The van der Waals surface area contributed by atoms with Gasteiger partial charge >= 0.3 is 0 Å². The first kappa shape index (κ1) is 14.3. The highest BCUT2D eigenvalue weighted by atomic mass is 16.1. The summed E-state index contributed by atoms with van der Waals surface area (Å²) in [5, 5.41) is 3.35. The first-order valence-corrected chi connectivity index (χ1v) is 8.86. The van der Waals surface area contributed by atoms with E-state index in [0.717, 1.165) is 31.2 Å². The Labute approximate surface area is 133 Å². The molecule has 2 atom stereocenters. The van der Waals surface area contributed by atoms with Gasteiger partial charge in [-0.2, -0.15) is 0 Å². The normalized spacial score (nSPS) is 30.9. The van der Waals surface area contributed by atoms with Crippen molar-refractivity contribution in [1.82, 2.24) is 10.2 Å². The number of aryl methyl sites for hydroxylation is 1. The van der Waals surface area contributed by atoms with Crippen molar-refractivity contribution in [1.29, 1.82) is 0 Å². The lowest BCUT2D eigenvalue weighted by Crippen LogP contribution is -2.55. The summed E-state index contributed by atoms with van der Waals surface area (Å²) in [6.45, 7) is 0. The van der Waals surface area contributed by atoms with Crippen LogP contribution < -0.4 is 5.32 Å². The maximum Gasteiger partial charge on any atom is 0.251 e. The minimum Gasteiger partial charge on any atom is -0.349 e. The van der Waals surface area contributed by atoms with Crippen LogP contribution >= 0.6 is 0 Å². The summed E-state index contributed by atoms with van der Waals surface area (Å²) in [4.78, 5) is 15.3. The van der Waals surface area contributed by atoms with Crippen LogP contribution in [-0.2, 0) is 12.8 Å². The fourth-order valence-corrected chi connectivity index (χ4v) is 4.83. The van der Waals surface area contributed by atoms with Gasteiger partial charge in [0.15, 0.2) is 0 Å². The van der Waals surface area contributed by atoms with Crippen molar-refractivity contribution in [2.75, 3.05) is 7.05 Å². The topological polar surface area (TPSA) is 32.3 Å². The molecule has 1 aliphatic carbocycles. The summed E-state index contributed by atoms with van der Waals surface area (Å²) in [5.41, 5.74) is 3.61. The molecule has 0 radical (unpaired) electrons. The van der Waals surface area contributed by atoms with Crippen molar-refractivity contribution in [3.05, 3.63) is 34.9 Å². The minimum atomic E-state index is 0.159. The molecule has 1 amide bonds. The van der Waals surface area contributed by atoms with E-state index < -0.39 is 0 Å². The fourth-order valence-electron chi connectivity index (χ4n) is 4.83. The zero-order chi connectivity index (χ0) is 15.1. The Balaban J connectivity index is 1.48. The van der Waals surface area contributed by atoms with E-state index in [1.807, 2.05) is 12.1 Å². The van der Waals surface area contributed by atoms with Crippen molar-refractivity contribution in [2.24, 2.45) is 0 Å². The van der Waals surface area contributed by atoms with Gasteiger partial charge in [0.2, 0.25) is 0 Å². The lowest BCUT2D eigenvalue weighted by Gasteiger charge is -2.47. The second-order valence-corrected chi connectivity index (χ2v) is 7.34. The van der Waals surface area contributed by atoms with Crippen LogP contribution in [0.1, 0.15) is 60.0 Å². The van der Waals surface area contributed by atoms with Gasteiger partial charge in [0.1, 0.15) is 0 Å². The third-order valence-electron chi connectivity index (χ3n) is 6.07. The number of amides is 1. The molecule has 1 aromatic rings. The van der Waals surface area contributed by atoms with Crippen LogP contribution in [0.4, 0.5) is 0 Å². The van der Waals surface area contributed by atoms with E-state index >= 15 is 0 Å². The van der Waals surface area contributed by atoms with Gasteiger partial charge in [-0.15, -0.1) is 0 Å². The number of carbonyl (C=O) groups excluding carboxylic acids is 1. The van der Waals surface area contributed by atoms with E-state index in [0.29, 0.717) is 18.1 Å². The highest BCUT2D eigenvalue weighted by Crippen LogP contribution is 2.33. The average Bonchev–Trinajstić information content (AvgIpc) is 2.96. The van der Waals surface area contributed by atoms with Gasteiger partial charge in [-0.3, -0.25) is 4.79 Å². The highest BCUT2D eigenvalue weighted by Gasteiger charge is 2.36. The van der Waals surface area contributed by atoms with Crippen LogP contribution in [0.2, 0.25) is 0 Å². The fraction of sp³-hybridized carbons (Fsp3) is 0.632. The van der Waals surface area contributed by atoms with Crippen molar-refractivity contribution in [2.45, 2.75) is 69.5 Å². The second-order valence-electron chi connectivity index (χ2n) is 7.34. The van der Waals surface area contributed by atoms with Crippen LogP contribution in [0.25, 0.3) is 0 Å². The van der Waals surface area contributed by atoms with Crippen molar-refractivity contribution in [3.63, 3.8) is 0 Å².